The van der Waals surface area contributed by atoms with Gasteiger partial charge in [-0.2, -0.15) is 5.21 Å². The molecule has 1 fully saturated rings. The summed E-state index contributed by atoms with van der Waals surface area (Å²) in [4.78, 5) is 15.1. The van der Waals surface area contributed by atoms with Gasteiger partial charge in [0.2, 0.25) is 5.82 Å². The van der Waals surface area contributed by atoms with Crippen LogP contribution in [0.3, 0.4) is 0 Å². The molecule has 1 aromatic heterocycles. The van der Waals surface area contributed by atoms with Gasteiger partial charge in [0.05, 0.1) is 26.4 Å². The van der Waals surface area contributed by atoms with Crippen molar-refractivity contribution in [3.05, 3.63) is 59.7 Å². The van der Waals surface area contributed by atoms with Crippen LogP contribution in [0.5, 0.6) is 5.75 Å². The molecule has 9 heteroatoms. The highest BCUT2D eigenvalue weighted by atomic mass is 16.5. The Kier molecular flexibility index (Phi) is 6.31. The second-order valence-corrected chi connectivity index (χ2v) is 6.96. The fourth-order valence-electron chi connectivity index (χ4n) is 3.52. The number of tetrazole rings is 1. The van der Waals surface area contributed by atoms with E-state index in [-0.39, 0.29) is 11.9 Å². The van der Waals surface area contributed by atoms with Crippen molar-refractivity contribution in [3.63, 3.8) is 0 Å². The van der Waals surface area contributed by atoms with Crippen molar-refractivity contribution in [2.75, 3.05) is 40.0 Å². The Hall–Kier alpha value is -3.30. The number of aromatic amines is 1. The molecule has 9 nitrogen and oxygen atoms in total. The molecule has 0 aliphatic carbocycles. The highest BCUT2D eigenvalue weighted by Crippen LogP contribution is 2.24. The van der Waals surface area contributed by atoms with E-state index in [2.05, 4.69) is 30.8 Å². The normalized spacial score (nSPS) is 15.5. The minimum atomic E-state index is -0.124. The number of morpholine rings is 1. The Morgan fingerprint density at radius 1 is 1.17 bits per heavy atom. The van der Waals surface area contributed by atoms with E-state index in [0.717, 1.165) is 30.0 Å². The van der Waals surface area contributed by atoms with Gasteiger partial charge in [0, 0.05) is 30.8 Å². The van der Waals surface area contributed by atoms with Crippen LogP contribution in [0.1, 0.15) is 22.0 Å². The topological polar surface area (TPSA) is 105 Å². The van der Waals surface area contributed by atoms with Crippen molar-refractivity contribution in [2.24, 2.45) is 0 Å². The molecular formula is C21H24N6O3. The van der Waals surface area contributed by atoms with Gasteiger partial charge in [0.25, 0.3) is 5.91 Å². The van der Waals surface area contributed by atoms with E-state index in [4.69, 9.17) is 9.47 Å². The molecule has 156 valence electrons. The SMILES string of the molecule is COc1ccc([C@@H](CNC(=O)c2ccc(-c3nn[nH]n3)cc2)N2CCOCC2)cc1. The van der Waals surface area contributed by atoms with Crippen molar-refractivity contribution in [3.8, 4) is 17.1 Å². The van der Waals surface area contributed by atoms with Crippen LogP contribution in [0, 0.1) is 0 Å². The summed E-state index contributed by atoms with van der Waals surface area (Å²) < 4.78 is 10.8. The first-order chi connectivity index (χ1) is 14.7. The lowest BCUT2D eigenvalue weighted by Crippen LogP contribution is -2.43. The monoisotopic (exact) mass is 408 g/mol. The molecule has 0 spiro atoms. The van der Waals surface area contributed by atoms with Crippen LogP contribution >= 0.6 is 0 Å². The first kappa shape index (κ1) is 20.0. The molecular weight excluding hydrogens is 384 g/mol. The third-order valence-electron chi connectivity index (χ3n) is 5.19. The molecule has 1 atom stereocenters. The Balaban J connectivity index is 1.45. The summed E-state index contributed by atoms with van der Waals surface area (Å²) in [6.07, 6.45) is 0. The van der Waals surface area contributed by atoms with Crippen LogP contribution in [0.4, 0.5) is 0 Å². The van der Waals surface area contributed by atoms with E-state index in [9.17, 15) is 4.79 Å². The maximum atomic E-state index is 12.7. The van der Waals surface area contributed by atoms with E-state index in [1.165, 1.54) is 0 Å². The molecule has 0 bridgehead atoms. The smallest absolute Gasteiger partial charge is 0.251 e. The highest BCUT2D eigenvalue weighted by Gasteiger charge is 2.23. The minimum Gasteiger partial charge on any atom is -0.497 e. The molecule has 2 aromatic carbocycles. The molecule has 1 aliphatic heterocycles. The van der Waals surface area contributed by atoms with Crippen molar-refractivity contribution < 1.29 is 14.3 Å². The van der Waals surface area contributed by atoms with Gasteiger partial charge in [-0.1, -0.05) is 24.3 Å². The van der Waals surface area contributed by atoms with E-state index < -0.39 is 0 Å². The Morgan fingerprint density at radius 3 is 2.53 bits per heavy atom. The van der Waals surface area contributed by atoms with Crippen molar-refractivity contribution in [1.82, 2.24) is 30.8 Å². The molecule has 1 saturated heterocycles. The predicted molar refractivity (Wildman–Crippen MR) is 110 cm³/mol. The summed E-state index contributed by atoms with van der Waals surface area (Å²) in [5.74, 6) is 1.18. The minimum absolute atomic E-state index is 0.0577. The molecule has 0 saturated carbocycles. The van der Waals surface area contributed by atoms with Crippen LogP contribution < -0.4 is 10.1 Å². The number of hydrogen-bond donors (Lipinski definition) is 2. The van der Waals surface area contributed by atoms with Crippen molar-refractivity contribution in [1.29, 1.82) is 0 Å². The quantitative estimate of drug-likeness (QED) is 0.613. The van der Waals surface area contributed by atoms with Crippen molar-refractivity contribution >= 4 is 5.91 Å². The average Bonchev–Trinajstić information content (AvgIpc) is 3.35. The van der Waals surface area contributed by atoms with Gasteiger partial charge >= 0.3 is 0 Å². The Labute approximate surface area is 174 Å². The van der Waals surface area contributed by atoms with Gasteiger partial charge in [-0.25, -0.2) is 0 Å². The molecule has 0 radical (unpaired) electrons. The molecule has 2 heterocycles. The summed E-state index contributed by atoms with van der Waals surface area (Å²) in [6, 6.07) is 15.2. The van der Waals surface area contributed by atoms with E-state index in [1.807, 2.05) is 36.4 Å². The highest BCUT2D eigenvalue weighted by molar-refractivity contribution is 5.94. The molecule has 2 N–H and O–H groups in total. The zero-order chi connectivity index (χ0) is 20.8. The summed E-state index contributed by atoms with van der Waals surface area (Å²) in [6.45, 7) is 3.53. The third kappa shape index (κ3) is 4.64. The second kappa shape index (κ2) is 9.47. The third-order valence-corrected chi connectivity index (χ3v) is 5.19. The zero-order valence-electron chi connectivity index (χ0n) is 16.7. The lowest BCUT2D eigenvalue weighted by molar-refractivity contribution is 0.0162. The fraction of sp³-hybridized carbons (Fsp3) is 0.333. The van der Waals surface area contributed by atoms with Gasteiger partial charge in [-0.15, -0.1) is 10.2 Å². The molecule has 0 unspecified atom stereocenters. The molecule has 3 aromatic rings. The van der Waals surface area contributed by atoms with Crippen molar-refractivity contribution in [2.45, 2.75) is 6.04 Å². The maximum Gasteiger partial charge on any atom is 0.251 e. The number of rotatable bonds is 7. The number of nitrogens with one attached hydrogen (secondary N) is 2. The number of ether oxygens (including phenoxy) is 2. The van der Waals surface area contributed by atoms with Crippen LogP contribution in [0.25, 0.3) is 11.4 Å². The first-order valence-electron chi connectivity index (χ1n) is 9.82. The number of aromatic nitrogens is 4. The van der Waals surface area contributed by atoms with Gasteiger partial charge in [0.1, 0.15) is 5.75 Å². The van der Waals surface area contributed by atoms with Crippen LogP contribution in [0.2, 0.25) is 0 Å². The molecule has 1 amide bonds. The average molecular weight is 408 g/mol. The van der Waals surface area contributed by atoms with Crippen LogP contribution in [0.15, 0.2) is 48.5 Å². The van der Waals surface area contributed by atoms with Gasteiger partial charge in [-0.3, -0.25) is 9.69 Å². The lowest BCUT2D eigenvalue weighted by Gasteiger charge is -2.35. The van der Waals surface area contributed by atoms with Gasteiger partial charge in [-0.05, 0) is 35.0 Å². The predicted octanol–water partition coefficient (Wildman–Crippen LogP) is 1.68. The fourth-order valence-corrected chi connectivity index (χ4v) is 3.52. The first-order valence-corrected chi connectivity index (χ1v) is 9.82. The molecule has 1 aliphatic rings. The summed E-state index contributed by atoms with van der Waals surface area (Å²) in [7, 11) is 1.65. The number of amides is 1. The van der Waals surface area contributed by atoms with E-state index >= 15 is 0 Å². The van der Waals surface area contributed by atoms with E-state index in [0.29, 0.717) is 31.1 Å². The number of carbonyl (C=O) groups excluding carboxylic acids is 1. The van der Waals surface area contributed by atoms with Gasteiger partial charge in [0.15, 0.2) is 0 Å². The van der Waals surface area contributed by atoms with Gasteiger partial charge < -0.3 is 14.8 Å². The maximum absolute atomic E-state index is 12.7. The largest absolute Gasteiger partial charge is 0.497 e. The summed E-state index contributed by atoms with van der Waals surface area (Å²) in [5, 5.41) is 16.9. The number of nitrogens with zero attached hydrogens (tertiary/aromatic N) is 4. The Bertz CT molecular complexity index is 938. The summed E-state index contributed by atoms with van der Waals surface area (Å²) >= 11 is 0. The lowest BCUT2D eigenvalue weighted by atomic mass is 10.0. The summed E-state index contributed by atoms with van der Waals surface area (Å²) in [5.41, 5.74) is 2.51. The number of hydrogen-bond acceptors (Lipinski definition) is 7. The number of methoxy groups -OCH3 is 1. The molecule has 4 rings (SSSR count). The zero-order valence-corrected chi connectivity index (χ0v) is 16.7. The second-order valence-electron chi connectivity index (χ2n) is 6.96. The standard InChI is InChI=1S/C21H24N6O3/c1-29-18-8-6-15(7-9-18)19(27-10-12-30-13-11-27)14-22-21(28)17-4-2-16(3-5-17)20-23-25-26-24-20/h2-9,19H,10-14H2,1H3,(H,22,28)(H,23,24,25,26)/t19-/m1/s1. The van der Waals surface area contributed by atoms with Crippen LogP contribution in [-0.2, 0) is 4.74 Å². The number of H-pyrrole nitrogens is 1. The van der Waals surface area contributed by atoms with E-state index in [1.54, 1.807) is 19.2 Å². The number of carbonyl (C=O) groups is 1. The molecule has 30 heavy (non-hydrogen) atoms. The number of benzene rings is 2. The Morgan fingerprint density at radius 2 is 1.90 bits per heavy atom. The van der Waals surface area contributed by atoms with Crippen LogP contribution in [-0.4, -0.2) is 71.4 Å².